The molecule has 1 aromatic heterocycles. The van der Waals surface area contributed by atoms with Crippen molar-refractivity contribution in [2.45, 2.75) is 38.2 Å². The average Bonchev–Trinajstić information content (AvgIpc) is 2.74. The van der Waals surface area contributed by atoms with Gasteiger partial charge in [-0.05, 0) is 24.5 Å². The first kappa shape index (κ1) is 21.4. The highest BCUT2D eigenvalue weighted by Gasteiger charge is 2.35. The Balaban J connectivity index is 1.44. The fraction of sp³-hybridized carbons (Fsp3) is 0.545. The van der Waals surface area contributed by atoms with Crippen molar-refractivity contribution in [2.75, 3.05) is 37.6 Å². The highest BCUT2D eigenvalue weighted by molar-refractivity contribution is 5.92. The van der Waals surface area contributed by atoms with Gasteiger partial charge in [-0.25, -0.2) is 8.78 Å². The quantitative estimate of drug-likeness (QED) is 0.806. The summed E-state index contributed by atoms with van der Waals surface area (Å²) in [4.78, 5) is 25.3. The average molecular weight is 428 g/mol. The van der Waals surface area contributed by atoms with Crippen molar-refractivity contribution in [1.29, 1.82) is 5.26 Å². The summed E-state index contributed by atoms with van der Waals surface area (Å²) in [5.41, 5.74) is 2.62. The van der Waals surface area contributed by atoms with E-state index in [9.17, 15) is 18.8 Å². The molecule has 2 aliphatic rings. The number of rotatable bonds is 4. The fourth-order valence-corrected chi connectivity index (χ4v) is 4.56. The highest BCUT2D eigenvalue weighted by atomic mass is 19.3. The molecule has 0 saturated carbocycles. The Morgan fingerprint density at radius 2 is 1.94 bits per heavy atom. The Hall–Kier alpha value is -2.86. The largest absolute Gasteiger partial charge is 0.367 e. The molecule has 7 nitrogen and oxygen atoms in total. The second-order valence-electron chi connectivity index (χ2n) is 8.64. The lowest BCUT2D eigenvalue weighted by Crippen LogP contribution is -2.53. The topological polar surface area (TPSA) is 85.2 Å². The van der Waals surface area contributed by atoms with Crippen LogP contribution in [0.15, 0.2) is 24.5 Å². The van der Waals surface area contributed by atoms with Gasteiger partial charge in [-0.3, -0.25) is 19.7 Å². The van der Waals surface area contributed by atoms with Crippen LogP contribution in [0.1, 0.15) is 31.7 Å². The number of likely N-dealkylation sites (tertiary alicyclic amines) is 1. The van der Waals surface area contributed by atoms with Crippen molar-refractivity contribution in [3.63, 3.8) is 0 Å². The minimum atomic E-state index is -2.61. The van der Waals surface area contributed by atoms with E-state index in [0.717, 1.165) is 18.7 Å². The van der Waals surface area contributed by atoms with Crippen LogP contribution >= 0.6 is 0 Å². The molecule has 1 aromatic carbocycles. The van der Waals surface area contributed by atoms with Crippen molar-refractivity contribution in [2.24, 2.45) is 5.92 Å². The molecule has 3 heterocycles. The first-order valence-corrected chi connectivity index (χ1v) is 10.6. The van der Waals surface area contributed by atoms with Gasteiger partial charge in [0, 0.05) is 57.5 Å². The van der Waals surface area contributed by atoms with Gasteiger partial charge in [-0.15, -0.1) is 0 Å². The van der Waals surface area contributed by atoms with Crippen LogP contribution in [0.25, 0.3) is 11.0 Å². The third-order valence-corrected chi connectivity index (χ3v) is 6.04. The van der Waals surface area contributed by atoms with Crippen molar-refractivity contribution < 1.29 is 13.6 Å². The Morgan fingerprint density at radius 3 is 2.65 bits per heavy atom. The van der Waals surface area contributed by atoms with Crippen LogP contribution in [0.5, 0.6) is 0 Å². The standard InChI is InChI=1S/C22H26F2N6O/c1-15-10-17(28-19(31)14-29-8-4-22(23,24)5-9-29)13-30(12-15)18-3-2-16(11-25)20-21(18)27-7-6-26-20/h2-3,6-7,15,17H,4-5,8-10,12-14H2,1H3,(H,28,31)/t15-,17+/m0/s1. The van der Waals surface area contributed by atoms with Crippen molar-refractivity contribution in [1.82, 2.24) is 20.2 Å². The smallest absolute Gasteiger partial charge is 0.250 e. The van der Waals surface area contributed by atoms with Crippen LogP contribution in [-0.4, -0.2) is 65.5 Å². The third kappa shape index (κ3) is 4.90. The second kappa shape index (κ2) is 8.71. The van der Waals surface area contributed by atoms with Crippen molar-refractivity contribution in [3.8, 4) is 6.07 Å². The number of anilines is 1. The summed E-state index contributed by atoms with van der Waals surface area (Å²) in [6.45, 7) is 4.19. The van der Waals surface area contributed by atoms with Crippen LogP contribution in [0, 0.1) is 17.2 Å². The molecule has 0 aliphatic carbocycles. The fourth-order valence-electron chi connectivity index (χ4n) is 4.56. The molecule has 4 rings (SSSR count). The first-order valence-electron chi connectivity index (χ1n) is 10.6. The molecule has 1 N–H and O–H groups in total. The Morgan fingerprint density at radius 1 is 1.23 bits per heavy atom. The second-order valence-corrected chi connectivity index (χ2v) is 8.64. The molecule has 9 heteroatoms. The molecule has 2 atom stereocenters. The zero-order chi connectivity index (χ0) is 22.0. The van der Waals surface area contributed by atoms with E-state index in [4.69, 9.17) is 0 Å². The van der Waals surface area contributed by atoms with Gasteiger partial charge in [0.05, 0.1) is 17.8 Å². The summed E-state index contributed by atoms with van der Waals surface area (Å²) < 4.78 is 26.7. The van der Waals surface area contributed by atoms with E-state index >= 15 is 0 Å². The van der Waals surface area contributed by atoms with Crippen LogP contribution in [0.3, 0.4) is 0 Å². The van der Waals surface area contributed by atoms with Crippen LogP contribution in [0.2, 0.25) is 0 Å². The van der Waals surface area contributed by atoms with E-state index < -0.39 is 5.92 Å². The molecule has 0 bridgehead atoms. The van der Waals surface area contributed by atoms with Crippen LogP contribution in [0.4, 0.5) is 14.5 Å². The Bertz CT molecular complexity index is 997. The number of fused-ring (bicyclic) bond motifs is 1. The summed E-state index contributed by atoms with van der Waals surface area (Å²) >= 11 is 0. The summed E-state index contributed by atoms with van der Waals surface area (Å²) in [5.74, 6) is -2.40. The summed E-state index contributed by atoms with van der Waals surface area (Å²) in [6, 6.07) is 5.75. The number of hydrogen-bond donors (Lipinski definition) is 1. The van der Waals surface area contributed by atoms with E-state index in [1.54, 1.807) is 23.4 Å². The summed E-state index contributed by atoms with van der Waals surface area (Å²) in [7, 11) is 0. The number of hydrogen-bond acceptors (Lipinski definition) is 6. The lowest BCUT2D eigenvalue weighted by atomic mass is 9.95. The van der Waals surface area contributed by atoms with E-state index in [-0.39, 0.29) is 44.4 Å². The number of nitrogens with zero attached hydrogens (tertiary/aromatic N) is 5. The molecule has 1 amide bonds. The maximum Gasteiger partial charge on any atom is 0.250 e. The van der Waals surface area contributed by atoms with E-state index in [1.807, 2.05) is 6.07 Å². The highest BCUT2D eigenvalue weighted by Crippen LogP contribution is 2.30. The number of aromatic nitrogens is 2. The van der Waals surface area contributed by atoms with Crippen molar-refractivity contribution >= 4 is 22.6 Å². The predicted octanol–water partition coefficient (Wildman–Crippen LogP) is 2.56. The molecule has 2 aromatic rings. The van der Waals surface area contributed by atoms with Crippen molar-refractivity contribution in [3.05, 3.63) is 30.1 Å². The minimum absolute atomic E-state index is 0.0511. The Labute approximate surface area is 180 Å². The molecule has 2 aliphatic heterocycles. The SMILES string of the molecule is C[C@H]1C[C@@H](NC(=O)CN2CCC(F)(F)CC2)CN(c2ccc(C#N)c3nccnc23)C1. The summed E-state index contributed by atoms with van der Waals surface area (Å²) in [5, 5.41) is 12.4. The van der Waals surface area contributed by atoms with E-state index in [1.165, 1.54) is 0 Å². The lowest BCUT2D eigenvalue weighted by Gasteiger charge is -2.39. The van der Waals surface area contributed by atoms with E-state index in [2.05, 4.69) is 33.2 Å². The number of carbonyl (C=O) groups is 1. The third-order valence-electron chi connectivity index (χ3n) is 6.04. The number of amides is 1. The van der Waals surface area contributed by atoms with Gasteiger partial charge in [0.1, 0.15) is 17.1 Å². The minimum Gasteiger partial charge on any atom is -0.367 e. The monoisotopic (exact) mass is 428 g/mol. The number of alkyl halides is 2. The molecule has 2 fully saturated rings. The zero-order valence-corrected chi connectivity index (χ0v) is 17.5. The van der Waals surface area contributed by atoms with Gasteiger partial charge >= 0.3 is 0 Å². The lowest BCUT2D eigenvalue weighted by molar-refractivity contribution is -0.125. The molecule has 2 saturated heterocycles. The van der Waals surface area contributed by atoms with Gasteiger partial charge in [0.2, 0.25) is 5.91 Å². The number of carbonyl (C=O) groups excluding carboxylic acids is 1. The predicted molar refractivity (Wildman–Crippen MR) is 113 cm³/mol. The van der Waals surface area contributed by atoms with Crippen LogP contribution < -0.4 is 10.2 Å². The van der Waals surface area contributed by atoms with Gasteiger partial charge < -0.3 is 10.2 Å². The molecular weight excluding hydrogens is 402 g/mol. The first-order chi connectivity index (χ1) is 14.8. The maximum absolute atomic E-state index is 13.3. The molecular formula is C22H26F2N6O. The molecule has 0 unspecified atom stereocenters. The van der Waals surface area contributed by atoms with Gasteiger partial charge in [0.25, 0.3) is 5.92 Å². The molecule has 31 heavy (non-hydrogen) atoms. The molecule has 164 valence electrons. The number of nitrogens with one attached hydrogen (secondary N) is 1. The number of piperidine rings is 2. The molecule has 0 radical (unpaired) electrons. The maximum atomic E-state index is 13.3. The van der Waals surface area contributed by atoms with Gasteiger partial charge in [-0.2, -0.15) is 5.26 Å². The normalized spacial score (nSPS) is 24.0. The van der Waals surface area contributed by atoms with Crippen LogP contribution in [-0.2, 0) is 4.79 Å². The number of benzene rings is 1. The Kier molecular flexibility index (Phi) is 6.01. The van der Waals surface area contributed by atoms with Gasteiger partial charge in [-0.1, -0.05) is 6.92 Å². The summed E-state index contributed by atoms with van der Waals surface area (Å²) in [6.07, 6.45) is 3.65. The number of halogens is 2. The number of nitriles is 1. The van der Waals surface area contributed by atoms with E-state index in [0.29, 0.717) is 29.1 Å². The van der Waals surface area contributed by atoms with Gasteiger partial charge in [0.15, 0.2) is 0 Å². The zero-order valence-electron chi connectivity index (χ0n) is 17.5. The molecule has 0 spiro atoms.